The first-order chi connectivity index (χ1) is 9.54. The highest BCUT2D eigenvalue weighted by molar-refractivity contribution is 9.10. The first-order valence-corrected chi connectivity index (χ1v) is 6.84. The molecule has 0 aliphatic heterocycles. The van der Waals surface area contributed by atoms with Gasteiger partial charge >= 0.3 is 5.76 Å². The lowest BCUT2D eigenvalue weighted by molar-refractivity contribution is 0.103. The van der Waals surface area contributed by atoms with Gasteiger partial charge in [-0.2, -0.15) is 0 Å². The van der Waals surface area contributed by atoms with Gasteiger partial charge in [0, 0.05) is 15.6 Å². The van der Waals surface area contributed by atoms with Crippen molar-refractivity contribution in [2.45, 2.75) is 0 Å². The zero-order valence-corrected chi connectivity index (χ0v) is 12.3. The number of aromatic nitrogens is 1. The van der Waals surface area contributed by atoms with E-state index in [9.17, 15) is 9.59 Å². The molecule has 20 heavy (non-hydrogen) atoms. The highest BCUT2D eigenvalue weighted by atomic mass is 79.9. The number of ketones is 1. The van der Waals surface area contributed by atoms with Gasteiger partial charge in [0.25, 0.3) is 0 Å². The number of carbonyl (C=O) groups is 1. The summed E-state index contributed by atoms with van der Waals surface area (Å²) in [4.78, 5) is 26.0. The van der Waals surface area contributed by atoms with Crippen LogP contribution in [0.1, 0.15) is 15.9 Å². The molecule has 0 saturated carbocycles. The molecule has 1 heterocycles. The summed E-state index contributed by atoms with van der Waals surface area (Å²) in [5.74, 6) is -0.778. The van der Waals surface area contributed by atoms with Crippen LogP contribution in [-0.2, 0) is 0 Å². The first-order valence-electron chi connectivity index (χ1n) is 5.67. The van der Waals surface area contributed by atoms with Crippen LogP contribution in [0.3, 0.4) is 0 Å². The van der Waals surface area contributed by atoms with E-state index in [4.69, 9.17) is 16.0 Å². The number of hydrogen-bond donors (Lipinski definition) is 1. The number of halogens is 2. The summed E-state index contributed by atoms with van der Waals surface area (Å²) in [7, 11) is 0. The largest absolute Gasteiger partial charge is 0.417 e. The van der Waals surface area contributed by atoms with Crippen LogP contribution in [0.15, 0.2) is 50.1 Å². The Hall–Kier alpha value is -1.85. The van der Waals surface area contributed by atoms with Crippen molar-refractivity contribution in [3.05, 3.63) is 67.6 Å². The molecule has 3 rings (SSSR count). The molecule has 2 aromatic carbocycles. The molecule has 1 aromatic heterocycles. The summed E-state index contributed by atoms with van der Waals surface area (Å²) in [6.45, 7) is 0. The predicted molar refractivity (Wildman–Crippen MR) is 79.4 cm³/mol. The normalized spacial score (nSPS) is 10.9. The fourth-order valence-electron chi connectivity index (χ4n) is 1.92. The Morgan fingerprint density at radius 3 is 2.75 bits per heavy atom. The van der Waals surface area contributed by atoms with E-state index < -0.39 is 5.76 Å². The number of oxazole rings is 1. The van der Waals surface area contributed by atoms with Crippen molar-refractivity contribution in [2.75, 3.05) is 0 Å². The lowest BCUT2D eigenvalue weighted by Crippen LogP contribution is -2.01. The van der Waals surface area contributed by atoms with Crippen molar-refractivity contribution >= 4 is 44.4 Å². The molecule has 0 amide bonds. The molecule has 0 spiro atoms. The quantitative estimate of drug-likeness (QED) is 0.714. The van der Waals surface area contributed by atoms with Crippen LogP contribution in [0.4, 0.5) is 0 Å². The van der Waals surface area contributed by atoms with Crippen LogP contribution in [0, 0.1) is 0 Å². The fourth-order valence-corrected chi connectivity index (χ4v) is 2.67. The second-order valence-corrected chi connectivity index (χ2v) is 5.50. The second kappa shape index (κ2) is 4.92. The maximum absolute atomic E-state index is 12.4. The van der Waals surface area contributed by atoms with Crippen LogP contribution in [-0.4, -0.2) is 10.8 Å². The minimum atomic E-state index is -0.550. The second-order valence-electron chi connectivity index (χ2n) is 4.18. The van der Waals surface area contributed by atoms with Gasteiger partial charge in [0.15, 0.2) is 11.4 Å². The average molecular weight is 353 g/mol. The summed E-state index contributed by atoms with van der Waals surface area (Å²) in [6, 6.07) is 9.81. The highest BCUT2D eigenvalue weighted by Gasteiger charge is 2.14. The van der Waals surface area contributed by atoms with Crippen molar-refractivity contribution in [1.82, 2.24) is 4.98 Å². The SMILES string of the molecule is O=C(c1ccc2[nH]c(=O)oc2c1)c1ccc(Br)cc1Cl. The van der Waals surface area contributed by atoms with Gasteiger partial charge in [0.2, 0.25) is 0 Å². The molecule has 6 heteroatoms. The molecule has 0 radical (unpaired) electrons. The number of rotatable bonds is 2. The van der Waals surface area contributed by atoms with Crippen LogP contribution in [0.5, 0.6) is 0 Å². The Morgan fingerprint density at radius 1 is 1.20 bits per heavy atom. The standard InChI is InChI=1S/C14H7BrClNO3/c15-8-2-3-9(10(16)6-8)13(18)7-1-4-11-12(5-7)20-14(19)17-11/h1-6H,(H,17,19). The van der Waals surface area contributed by atoms with Gasteiger partial charge in [-0.3, -0.25) is 9.78 Å². The van der Waals surface area contributed by atoms with E-state index in [2.05, 4.69) is 20.9 Å². The number of H-pyrrole nitrogens is 1. The third kappa shape index (κ3) is 2.30. The first kappa shape index (κ1) is 13.1. The minimum absolute atomic E-state index is 0.228. The lowest BCUT2D eigenvalue weighted by Gasteiger charge is -2.04. The number of benzene rings is 2. The van der Waals surface area contributed by atoms with Gasteiger partial charge < -0.3 is 4.42 Å². The molecule has 1 N–H and O–H groups in total. The molecular formula is C14H7BrClNO3. The van der Waals surface area contributed by atoms with Gasteiger partial charge in [0.1, 0.15) is 0 Å². The number of nitrogens with one attached hydrogen (secondary N) is 1. The van der Waals surface area contributed by atoms with E-state index in [0.29, 0.717) is 27.2 Å². The van der Waals surface area contributed by atoms with Crippen LogP contribution in [0.25, 0.3) is 11.1 Å². The topological polar surface area (TPSA) is 63.1 Å². The number of fused-ring (bicyclic) bond motifs is 1. The average Bonchev–Trinajstić information content (AvgIpc) is 2.77. The number of carbonyl (C=O) groups excluding carboxylic acids is 1. The summed E-state index contributed by atoms with van der Waals surface area (Å²) in [5, 5.41) is 0.361. The van der Waals surface area contributed by atoms with E-state index in [-0.39, 0.29) is 5.78 Å². The Labute approximate surface area is 126 Å². The number of hydrogen-bond acceptors (Lipinski definition) is 3. The van der Waals surface area contributed by atoms with E-state index in [0.717, 1.165) is 4.47 Å². The van der Waals surface area contributed by atoms with Gasteiger partial charge in [-0.1, -0.05) is 27.5 Å². The highest BCUT2D eigenvalue weighted by Crippen LogP contribution is 2.24. The van der Waals surface area contributed by atoms with E-state index in [1.54, 1.807) is 30.3 Å². The monoisotopic (exact) mass is 351 g/mol. The summed E-state index contributed by atoms with van der Waals surface area (Å²) in [5.41, 5.74) is 1.69. The molecular weight excluding hydrogens is 346 g/mol. The van der Waals surface area contributed by atoms with Crippen molar-refractivity contribution in [1.29, 1.82) is 0 Å². The molecule has 0 atom stereocenters. The van der Waals surface area contributed by atoms with Crippen molar-refractivity contribution in [3.63, 3.8) is 0 Å². The molecule has 0 fully saturated rings. The Kier molecular flexibility index (Phi) is 3.23. The lowest BCUT2D eigenvalue weighted by atomic mass is 10.0. The predicted octanol–water partition coefficient (Wildman–Crippen LogP) is 3.77. The third-order valence-corrected chi connectivity index (χ3v) is 3.66. The van der Waals surface area contributed by atoms with Crippen LogP contribution >= 0.6 is 27.5 Å². The molecule has 3 aromatic rings. The zero-order valence-electron chi connectivity index (χ0n) is 9.94. The molecule has 0 saturated heterocycles. The maximum atomic E-state index is 12.4. The Balaban J connectivity index is 2.09. The Bertz CT molecular complexity index is 882. The number of aromatic amines is 1. The zero-order chi connectivity index (χ0) is 14.3. The van der Waals surface area contributed by atoms with Crippen LogP contribution < -0.4 is 5.76 Å². The summed E-state index contributed by atoms with van der Waals surface area (Å²) >= 11 is 9.35. The molecule has 0 bridgehead atoms. The molecule has 0 aliphatic carbocycles. The summed E-state index contributed by atoms with van der Waals surface area (Å²) in [6.07, 6.45) is 0. The molecule has 4 nitrogen and oxygen atoms in total. The van der Waals surface area contributed by atoms with Gasteiger partial charge in [-0.15, -0.1) is 0 Å². The summed E-state index contributed by atoms with van der Waals surface area (Å²) < 4.78 is 5.74. The van der Waals surface area contributed by atoms with Crippen molar-refractivity contribution in [3.8, 4) is 0 Å². The van der Waals surface area contributed by atoms with E-state index in [1.165, 1.54) is 6.07 Å². The maximum Gasteiger partial charge on any atom is 0.417 e. The molecule has 100 valence electrons. The van der Waals surface area contributed by atoms with Crippen molar-refractivity contribution < 1.29 is 9.21 Å². The van der Waals surface area contributed by atoms with Crippen molar-refractivity contribution in [2.24, 2.45) is 0 Å². The third-order valence-electron chi connectivity index (χ3n) is 2.86. The van der Waals surface area contributed by atoms with Gasteiger partial charge in [-0.05, 0) is 36.4 Å². The van der Waals surface area contributed by atoms with Crippen LogP contribution in [0.2, 0.25) is 5.02 Å². The smallest absolute Gasteiger partial charge is 0.408 e. The van der Waals surface area contributed by atoms with E-state index in [1.807, 2.05) is 0 Å². The van der Waals surface area contributed by atoms with E-state index >= 15 is 0 Å². The van der Waals surface area contributed by atoms with Gasteiger partial charge in [0.05, 0.1) is 10.5 Å². The minimum Gasteiger partial charge on any atom is -0.408 e. The molecule has 0 aliphatic rings. The fraction of sp³-hybridized carbons (Fsp3) is 0. The van der Waals surface area contributed by atoms with Gasteiger partial charge in [-0.25, -0.2) is 4.79 Å². The Morgan fingerprint density at radius 2 is 2.00 bits per heavy atom. The molecule has 0 unspecified atom stereocenters.